The molecule has 0 unspecified atom stereocenters. The number of rotatable bonds is 3. The maximum absolute atomic E-state index is 13.6. The van der Waals surface area contributed by atoms with E-state index in [1.807, 2.05) is 97.2 Å². The van der Waals surface area contributed by atoms with Gasteiger partial charge in [-0.3, -0.25) is 4.79 Å². The number of aliphatic imine (C=N–C) groups is 2. The number of halogens is 1. The standard InChI is InChI=1S/C27H20BrN3O/c28-22-15-16-24-29-26(23-14-8-7-13-21(23)17-31(24)18-22)30-27(32)25(19-9-3-1-4-10-19)20-11-5-2-6-12-20/h1-16,18,25H,17H2. The summed E-state index contributed by atoms with van der Waals surface area (Å²) in [5.74, 6) is 0.469. The molecule has 0 aliphatic carbocycles. The summed E-state index contributed by atoms with van der Waals surface area (Å²) in [5.41, 5.74) is 3.77. The molecule has 3 aromatic rings. The molecule has 32 heavy (non-hydrogen) atoms. The van der Waals surface area contributed by atoms with Gasteiger partial charge in [-0.15, -0.1) is 0 Å². The van der Waals surface area contributed by atoms with E-state index < -0.39 is 5.92 Å². The molecule has 3 aromatic carbocycles. The van der Waals surface area contributed by atoms with Gasteiger partial charge in [-0.25, -0.2) is 4.99 Å². The van der Waals surface area contributed by atoms with Crippen molar-refractivity contribution in [3.63, 3.8) is 0 Å². The number of hydrogen-bond acceptors (Lipinski definition) is 2. The highest BCUT2D eigenvalue weighted by molar-refractivity contribution is 9.11. The number of benzene rings is 3. The fraction of sp³-hybridized carbons (Fsp3) is 0.0741. The van der Waals surface area contributed by atoms with Crippen LogP contribution in [0.4, 0.5) is 0 Å². The summed E-state index contributed by atoms with van der Waals surface area (Å²) in [7, 11) is 0. The second-order valence-corrected chi connectivity index (χ2v) is 8.55. The quantitative estimate of drug-likeness (QED) is 0.473. The smallest absolute Gasteiger partial charge is 0.259 e. The van der Waals surface area contributed by atoms with Gasteiger partial charge in [0.05, 0.1) is 5.92 Å². The molecule has 0 saturated heterocycles. The predicted molar refractivity (Wildman–Crippen MR) is 132 cm³/mol. The van der Waals surface area contributed by atoms with Crippen molar-refractivity contribution in [2.45, 2.75) is 12.5 Å². The topological polar surface area (TPSA) is 45.0 Å². The Morgan fingerprint density at radius 3 is 2.19 bits per heavy atom. The summed E-state index contributed by atoms with van der Waals surface area (Å²) in [5, 5.41) is 0. The van der Waals surface area contributed by atoms with Crippen molar-refractivity contribution >= 4 is 33.5 Å². The van der Waals surface area contributed by atoms with E-state index in [-0.39, 0.29) is 5.91 Å². The molecule has 0 fully saturated rings. The monoisotopic (exact) mass is 481 g/mol. The van der Waals surface area contributed by atoms with Crippen LogP contribution in [0, 0.1) is 0 Å². The third-order valence-electron chi connectivity index (χ3n) is 5.51. The first kappa shape index (κ1) is 20.3. The van der Waals surface area contributed by atoms with Crippen LogP contribution in [-0.4, -0.2) is 22.5 Å². The van der Waals surface area contributed by atoms with Gasteiger partial charge in [0, 0.05) is 22.8 Å². The third-order valence-corrected chi connectivity index (χ3v) is 5.98. The highest BCUT2D eigenvalue weighted by Gasteiger charge is 2.26. The van der Waals surface area contributed by atoms with E-state index in [2.05, 4.69) is 31.9 Å². The molecule has 0 N–H and O–H groups in total. The van der Waals surface area contributed by atoms with Crippen LogP contribution < -0.4 is 0 Å². The van der Waals surface area contributed by atoms with E-state index in [0.29, 0.717) is 12.4 Å². The molecule has 156 valence electrons. The Morgan fingerprint density at radius 2 is 1.50 bits per heavy atom. The fourth-order valence-corrected chi connectivity index (χ4v) is 4.37. The Kier molecular flexibility index (Phi) is 5.65. The first-order valence-corrected chi connectivity index (χ1v) is 11.2. The van der Waals surface area contributed by atoms with Gasteiger partial charge in [-0.1, -0.05) is 84.9 Å². The third kappa shape index (κ3) is 4.12. The summed E-state index contributed by atoms with van der Waals surface area (Å²) < 4.78 is 0.971. The van der Waals surface area contributed by atoms with Crippen LogP contribution >= 0.6 is 15.9 Å². The molecule has 5 rings (SSSR count). The van der Waals surface area contributed by atoms with Gasteiger partial charge in [-0.2, -0.15) is 4.99 Å². The van der Waals surface area contributed by atoms with Crippen molar-refractivity contribution in [3.8, 4) is 0 Å². The minimum atomic E-state index is -0.493. The average Bonchev–Trinajstić information content (AvgIpc) is 2.97. The molecular weight excluding hydrogens is 462 g/mol. The van der Waals surface area contributed by atoms with E-state index >= 15 is 0 Å². The van der Waals surface area contributed by atoms with E-state index in [4.69, 9.17) is 4.99 Å². The van der Waals surface area contributed by atoms with Gasteiger partial charge in [-0.05, 0) is 44.8 Å². The highest BCUT2D eigenvalue weighted by atomic mass is 79.9. The molecule has 0 radical (unpaired) electrons. The van der Waals surface area contributed by atoms with E-state index in [1.165, 1.54) is 0 Å². The van der Waals surface area contributed by atoms with Crippen LogP contribution in [0.5, 0.6) is 0 Å². The molecule has 0 atom stereocenters. The lowest BCUT2D eigenvalue weighted by Crippen LogP contribution is -2.25. The molecule has 2 aliphatic heterocycles. The molecule has 5 heteroatoms. The van der Waals surface area contributed by atoms with E-state index in [0.717, 1.165) is 32.6 Å². The Labute approximate surface area is 195 Å². The van der Waals surface area contributed by atoms with E-state index in [9.17, 15) is 4.79 Å². The molecule has 0 spiro atoms. The molecule has 2 heterocycles. The van der Waals surface area contributed by atoms with Gasteiger partial charge in [0.2, 0.25) is 0 Å². The Bertz CT molecular complexity index is 1240. The average molecular weight is 482 g/mol. The molecule has 4 nitrogen and oxygen atoms in total. The van der Waals surface area contributed by atoms with Crippen molar-refractivity contribution in [1.29, 1.82) is 0 Å². The molecular formula is C27H20BrN3O. The largest absolute Gasteiger partial charge is 0.327 e. The van der Waals surface area contributed by atoms with Crippen molar-refractivity contribution in [2.75, 3.05) is 0 Å². The maximum Gasteiger partial charge on any atom is 0.259 e. The van der Waals surface area contributed by atoms with Crippen LogP contribution in [0.1, 0.15) is 28.2 Å². The Morgan fingerprint density at radius 1 is 0.875 bits per heavy atom. The van der Waals surface area contributed by atoms with Gasteiger partial charge >= 0.3 is 0 Å². The number of fused-ring (bicyclic) bond motifs is 2. The minimum Gasteiger partial charge on any atom is -0.327 e. The predicted octanol–water partition coefficient (Wildman–Crippen LogP) is 5.81. The highest BCUT2D eigenvalue weighted by Crippen LogP contribution is 2.28. The van der Waals surface area contributed by atoms with Crippen LogP contribution in [-0.2, 0) is 11.3 Å². The number of amides is 1. The van der Waals surface area contributed by atoms with Crippen molar-refractivity contribution < 1.29 is 4.79 Å². The summed E-state index contributed by atoms with van der Waals surface area (Å²) in [4.78, 5) is 25.1. The minimum absolute atomic E-state index is 0.235. The lowest BCUT2D eigenvalue weighted by molar-refractivity contribution is -0.118. The van der Waals surface area contributed by atoms with E-state index in [1.54, 1.807) is 0 Å². The zero-order valence-corrected chi connectivity index (χ0v) is 18.8. The molecule has 2 aliphatic rings. The maximum atomic E-state index is 13.6. The molecule has 1 amide bonds. The summed E-state index contributed by atoms with van der Waals surface area (Å²) in [6.45, 7) is 0.655. The number of allylic oxidation sites excluding steroid dienone is 2. The summed E-state index contributed by atoms with van der Waals surface area (Å²) >= 11 is 3.54. The SMILES string of the molecule is O=C(N=C1N=C2C=CC(Br)=CN2Cc2ccccc21)C(c1ccccc1)c1ccccc1. The second-order valence-electron chi connectivity index (χ2n) is 7.63. The molecule has 0 aromatic heterocycles. The zero-order chi connectivity index (χ0) is 21.9. The zero-order valence-electron chi connectivity index (χ0n) is 17.2. The molecule has 0 saturated carbocycles. The number of hydrogen-bond donors (Lipinski definition) is 0. The normalized spacial score (nSPS) is 16.2. The van der Waals surface area contributed by atoms with Crippen LogP contribution in [0.2, 0.25) is 0 Å². The number of carbonyl (C=O) groups is 1. The number of amidine groups is 2. The molecule has 0 bridgehead atoms. The van der Waals surface area contributed by atoms with Crippen LogP contribution in [0.25, 0.3) is 0 Å². The Hall–Kier alpha value is -3.57. The first-order valence-electron chi connectivity index (χ1n) is 10.4. The van der Waals surface area contributed by atoms with Gasteiger partial charge < -0.3 is 4.90 Å². The lowest BCUT2D eigenvalue weighted by atomic mass is 9.90. The number of nitrogens with zero attached hydrogens (tertiary/aromatic N) is 3. The summed E-state index contributed by atoms with van der Waals surface area (Å²) in [6.07, 6.45) is 5.88. The van der Waals surface area contributed by atoms with Crippen molar-refractivity contribution in [3.05, 3.63) is 130 Å². The van der Waals surface area contributed by atoms with Gasteiger partial charge in [0.25, 0.3) is 5.91 Å². The van der Waals surface area contributed by atoms with Crippen LogP contribution in [0.15, 0.2) is 118 Å². The van der Waals surface area contributed by atoms with Crippen LogP contribution in [0.3, 0.4) is 0 Å². The fourth-order valence-electron chi connectivity index (χ4n) is 3.99. The summed E-state index contributed by atoms with van der Waals surface area (Å²) in [6, 6.07) is 27.5. The lowest BCUT2D eigenvalue weighted by Gasteiger charge is -2.21. The number of carbonyl (C=O) groups excluding carboxylic acids is 1. The van der Waals surface area contributed by atoms with Gasteiger partial charge in [0.1, 0.15) is 5.84 Å². The van der Waals surface area contributed by atoms with Crippen molar-refractivity contribution in [1.82, 2.24) is 4.90 Å². The first-order chi connectivity index (χ1) is 15.7. The Balaban J connectivity index is 1.62. The van der Waals surface area contributed by atoms with Crippen molar-refractivity contribution in [2.24, 2.45) is 9.98 Å². The second kappa shape index (κ2) is 8.89. The van der Waals surface area contributed by atoms with Gasteiger partial charge in [0.15, 0.2) is 5.84 Å².